The van der Waals surface area contributed by atoms with Gasteiger partial charge in [-0.1, -0.05) is 5.21 Å². The van der Waals surface area contributed by atoms with Gasteiger partial charge in [-0.2, -0.15) is 0 Å². The van der Waals surface area contributed by atoms with Crippen LogP contribution in [0, 0.1) is 6.92 Å². The van der Waals surface area contributed by atoms with E-state index in [2.05, 4.69) is 15.6 Å². The van der Waals surface area contributed by atoms with E-state index in [1.165, 1.54) is 0 Å². The van der Waals surface area contributed by atoms with Crippen molar-refractivity contribution in [1.29, 1.82) is 0 Å². The number of likely N-dealkylation sites (N-methyl/N-ethyl adjacent to an activating group) is 1. The van der Waals surface area contributed by atoms with Gasteiger partial charge in [0.1, 0.15) is 5.54 Å². The fourth-order valence-corrected chi connectivity index (χ4v) is 3.63. The second-order valence-electron chi connectivity index (χ2n) is 7.19. The number of carbonyl (C=O) groups is 2. The average Bonchev–Trinajstić information content (AvgIpc) is 2.95. The van der Waals surface area contributed by atoms with Crippen molar-refractivity contribution in [3.05, 3.63) is 11.4 Å². The Morgan fingerprint density at radius 2 is 1.88 bits per heavy atom. The Morgan fingerprint density at radius 1 is 1.24 bits per heavy atom. The summed E-state index contributed by atoms with van der Waals surface area (Å²) >= 11 is 0. The lowest BCUT2D eigenvalue weighted by molar-refractivity contribution is -0.144. The predicted molar refractivity (Wildman–Crippen MR) is 95.9 cm³/mol. The van der Waals surface area contributed by atoms with Crippen LogP contribution in [0.3, 0.4) is 0 Å². The van der Waals surface area contributed by atoms with Crippen LogP contribution < -0.4 is 5.32 Å². The third-order valence-electron chi connectivity index (χ3n) is 5.23. The lowest BCUT2D eigenvalue weighted by Gasteiger charge is -2.44. The molecule has 25 heavy (non-hydrogen) atoms. The molecule has 2 saturated heterocycles. The van der Waals surface area contributed by atoms with Gasteiger partial charge in [-0.3, -0.25) is 9.59 Å². The van der Waals surface area contributed by atoms with E-state index in [-0.39, 0.29) is 30.3 Å². The van der Waals surface area contributed by atoms with Crippen LogP contribution in [0.2, 0.25) is 0 Å². The minimum atomic E-state index is -0.866. The highest BCUT2D eigenvalue weighted by Crippen LogP contribution is 2.26. The van der Waals surface area contributed by atoms with Crippen LogP contribution in [0.4, 0.5) is 0 Å². The number of piperidine rings is 1. The smallest absolute Gasteiger partial charge is 0.277 e. The summed E-state index contributed by atoms with van der Waals surface area (Å²) in [6, 6.07) is 0.280. The number of halogens is 1. The fraction of sp³-hybridized carbons (Fsp3) is 0.750. The number of amides is 2. The van der Waals surface area contributed by atoms with Crippen LogP contribution in [0.5, 0.6) is 0 Å². The first-order valence-electron chi connectivity index (χ1n) is 8.54. The van der Waals surface area contributed by atoms with Gasteiger partial charge in [0.05, 0.1) is 11.7 Å². The molecule has 140 valence electrons. The lowest BCUT2D eigenvalue weighted by atomic mass is 9.97. The molecule has 2 aliphatic rings. The van der Waals surface area contributed by atoms with Gasteiger partial charge in [0.2, 0.25) is 5.91 Å². The Labute approximate surface area is 154 Å². The maximum Gasteiger partial charge on any atom is 0.277 e. The van der Waals surface area contributed by atoms with E-state index in [1.807, 2.05) is 11.6 Å². The minimum absolute atomic E-state index is 0. The Kier molecular flexibility index (Phi) is 5.73. The van der Waals surface area contributed by atoms with Gasteiger partial charge in [-0.25, -0.2) is 4.68 Å². The van der Waals surface area contributed by atoms with Crippen molar-refractivity contribution in [2.45, 2.75) is 45.2 Å². The molecule has 0 radical (unpaired) electrons. The molecule has 0 unspecified atom stereocenters. The van der Waals surface area contributed by atoms with Gasteiger partial charge in [-0.15, -0.1) is 17.5 Å². The lowest BCUT2D eigenvalue weighted by Crippen LogP contribution is -2.63. The van der Waals surface area contributed by atoms with Crippen molar-refractivity contribution < 1.29 is 9.59 Å². The number of aromatic nitrogens is 3. The molecule has 3 rings (SSSR count). The number of hydrogen-bond donors (Lipinski definition) is 1. The van der Waals surface area contributed by atoms with Crippen LogP contribution in [-0.2, 0) is 4.79 Å². The summed E-state index contributed by atoms with van der Waals surface area (Å²) in [5.74, 6) is -0.260. The molecule has 2 amide bonds. The molecule has 0 aromatic carbocycles. The van der Waals surface area contributed by atoms with Crippen LogP contribution >= 0.6 is 12.4 Å². The molecule has 2 aliphatic heterocycles. The molecule has 0 atom stereocenters. The Hall–Kier alpha value is -1.67. The van der Waals surface area contributed by atoms with Crippen molar-refractivity contribution >= 4 is 24.2 Å². The summed E-state index contributed by atoms with van der Waals surface area (Å²) < 4.78 is 1.87. The summed E-state index contributed by atoms with van der Waals surface area (Å²) in [6.07, 6.45) is 1.96. The van der Waals surface area contributed by atoms with Gasteiger partial charge < -0.3 is 15.1 Å². The van der Waals surface area contributed by atoms with Gasteiger partial charge in [0, 0.05) is 20.1 Å². The van der Waals surface area contributed by atoms with Crippen LogP contribution in [0.15, 0.2) is 0 Å². The molecular weight excluding hydrogens is 344 g/mol. The van der Waals surface area contributed by atoms with E-state index >= 15 is 0 Å². The first-order valence-corrected chi connectivity index (χ1v) is 8.54. The van der Waals surface area contributed by atoms with E-state index in [0.29, 0.717) is 18.8 Å². The topological polar surface area (TPSA) is 83.4 Å². The first kappa shape index (κ1) is 19.7. The normalized spacial score (nSPS) is 21.2. The van der Waals surface area contributed by atoms with Crippen molar-refractivity contribution in [2.24, 2.45) is 0 Å². The van der Waals surface area contributed by atoms with E-state index in [4.69, 9.17) is 0 Å². The summed E-state index contributed by atoms with van der Waals surface area (Å²) in [4.78, 5) is 28.7. The van der Waals surface area contributed by atoms with Crippen molar-refractivity contribution in [1.82, 2.24) is 30.1 Å². The van der Waals surface area contributed by atoms with E-state index in [9.17, 15) is 9.59 Å². The largest absolute Gasteiger partial charge is 0.342 e. The number of carbonyl (C=O) groups excluding carboxylic acids is 2. The summed E-state index contributed by atoms with van der Waals surface area (Å²) in [5.41, 5.74) is 0.280. The average molecular weight is 371 g/mol. The van der Waals surface area contributed by atoms with Crippen LogP contribution in [-0.4, -0.2) is 75.4 Å². The Bertz CT molecular complexity index is 653. The number of rotatable bonds is 2. The first-order chi connectivity index (χ1) is 11.3. The highest BCUT2D eigenvalue weighted by molar-refractivity contribution is 5.99. The summed E-state index contributed by atoms with van der Waals surface area (Å²) in [5, 5.41) is 11.7. The molecule has 9 heteroatoms. The van der Waals surface area contributed by atoms with Crippen LogP contribution in [0.1, 0.15) is 48.9 Å². The zero-order valence-corrected chi connectivity index (χ0v) is 16.1. The number of nitrogens with one attached hydrogen (secondary N) is 1. The van der Waals surface area contributed by atoms with Crippen molar-refractivity contribution in [3.63, 3.8) is 0 Å². The SMILES string of the molecule is Cc1c(C(=O)N2CCN(C)C(=O)C2(C)C)nnn1C1CCNCC1.Cl. The predicted octanol–water partition coefficient (Wildman–Crippen LogP) is 0.626. The highest BCUT2D eigenvalue weighted by Gasteiger charge is 2.44. The maximum atomic E-state index is 13.0. The van der Waals surface area contributed by atoms with Crippen molar-refractivity contribution in [3.8, 4) is 0 Å². The number of nitrogens with zero attached hydrogens (tertiary/aromatic N) is 5. The second kappa shape index (κ2) is 7.29. The monoisotopic (exact) mass is 370 g/mol. The standard InChI is InChI=1S/C16H26N6O2.ClH/c1-11-13(18-19-22(11)12-5-7-17-8-6-12)14(23)21-10-9-20(4)15(24)16(21,2)3;/h12,17H,5-10H2,1-4H3;1H. The zero-order valence-electron chi connectivity index (χ0n) is 15.3. The summed E-state index contributed by atoms with van der Waals surface area (Å²) in [7, 11) is 1.77. The maximum absolute atomic E-state index is 13.0. The van der Waals surface area contributed by atoms with Gasteiger partial charge in [0.25, 0.3) is 5.91 Å². The highest BCUT2D eigenvalue weighted by atomic mass is 35.5. The molecule has 0 saturated carbocycles. The third kappa shape index (κ3) is 3.37. The van der Waals surface area contributed by atoms with Crippen LogP contribution in [0.25, 0.3) is 0 Å². The fourth-order valence-electron chi connectivity index (χ4n) is 3.63. The molecule has 1 aromatic heterocycles. The molecule has 0 aliphatic carbocycles. The molecule has 1 aromatic rings. The Morgan fingerprint density at radius 3 is 2.52 bits per heavy atom. The second-order valence-corrected chi connectivity index (χ2v) is 7.19. The number of hydrogen-bond acceptors (Lipinski definition) is 5. The van der Waals surface area contributed by atoms with E-state index in [1.54, 1.807) is 30.7 Å². The van der Waals surface area contributed by atoms with Gasteiger partial charge in [0.15, 0.2) is 5.69 Å². The minimum Gasteiger partial charge on any atom is -0.342 e. The van der Waals surface area contributed by atoms with E-state index < -0.39 is 5.54 Å². The Balaban J connectivity index is 0.00000225. The van der Waals surface area contributed by atoms with Gasteiger partial charge in [-0.05, 0) is 46.7 Å². The molecular formula is C16H27ClN6O2. The van der Waals surface area contributed by atoms with Gasteiger partial charge >= 0.3 is 0 Å². The van der Waals surface area contributed by atoms with E-state index in [0.717, 1.165) is 31.6 Å². The summed E-state index contributed by atoms with van der Waals surface area (Å²) in [6.45, 7) is 8.41. The zero-order chi connectivity index (χ0) is 17.5. The molecule has 8 nitrogen and oxygen atoms in total. The third-order valence-corrected chi connectivity index (χ3v) is 5.23. The molecule has 0 spiro atoms. The molecule has 2 fully saturated rings. The quantitative estimate of drug-likeness (QED) is 0.825. The number of piperazine rings is 1. The molecule has 1 N–H and O–H groups in total. The van der Waals surface area contributed by atoms with Crippen molar-refractivity contribution in [2.75, 3.05) is 33.2 Å². The molecule has 0 bridgehead atoms. The molecule has 3 heterocycles.